The number of unbranched alkanes of at least 4 members (excludes halogenated alkanes) is 5. The minimum Gasteiger partial charge on any atom is -0.490 e. The molecule has 1 aliphatic rings. The average molecular weight is 324 g/mol. The van der Waals surface area contributed by atoms with Crippen LogP contribution in [0.25, 0.3) is 11.4 Å². The van der Waals surface area contributed by atoms with Crippen molar-refractivity contribution < 1.29 is 4.74 Å². The molecule has 0 aliphatic heterocycles. The van der Waals surface area contributed by atoms with Crippen LogP contribution in [0.3, 0.4) is 0 Å². The molecule has 0 saturated heterocycles. The molecule has 0 amide bonds. The van der Waals surface area contributed by atoms with Gasteiger partial charge < -0.3 is 4.74 Å². The first-order valence-corrected chi connectivity index (χ1v) is 9.42. The van der Waals surface area contributed by atoms with Gasteiger partial charge in [0.2, 0.25) is 0 Å². The quantitative estimate of drug-likeness (QED) is 0.500. The van der Waals surface area contributed by atoms with Crippen molar-refractivity contribution in [3.8, 4) is 17.1 Å². The Kier molecular flexibility index (Phi) is 6.64. The van der Waals surface area contributed by atoms with E-state index in [2.05, 4.69) is 9.97 Å². The van der Waals surface area contributed by atoms with Crippen molar-refractivity contribution in [2.45, 2.75) is 57.8 Å². The molecule has 3 heteroatoms. The van der Waals surface area contributed by atoms with Crippen LogP contribution in [0.4, 0.5) is 0 Å². The van der Waals surface area contributed by atoms with Crippen molar-refractivity contribution in [2.75, 3.05) is 6.61 Å². The first-order valence-electron chi connectivity index (χ1n) is 9.42. The van der Waals surface area contributed by atoms with E-state index >= 15 is 0 Å². The van der Waals surface area contributed by atoms with Gasteiger partial charge in [0.25, 0.3) is 0 Å². The first kappa shape index (κ1) is 16.9. The summed E-state index contributed by atoms with van der Waals surface area (Å²) in [6, 6.07) is 10.0. The molecule has 0 bridgehead atoms. The van der Waals surface area contributed by atoms with Gasteiger partial charge in [0.15, 0.2) is 11.6 Å². The Labute approximate surface area is 145 Å². The zero-order chi connectivity index (χ0) is 16.5. The first-order chi connectivity index (χ1) is 11.9. The normalized spacial score (nSPS) is 13.8. The largest absolute Gasteiger partial charge is 0.490 e. The van der Waals surface area contributed by atoms with Gasteiger partial charge in [0.1, 0.15) is 0 Å². The van der Waals surface area contributed by atoms with E-state index < -0.39 is 0 Å². The smallest absolute Gasteiger partial charge is 0.159 e. The van der Waals surface area contributed by atoms with Crippen LogP contribution in [-0.2, 0) is 0 Å². The third kappa shape index (κ3) is 5.95. The summed E-state index contributed by atoms with van der Waals surface area (Å²) >= 11 is 0. The zero-order valence-corrected chi connectivity index (χ0v) is 14.5. The molecule has 3 nitrogen and oxygen atoms in total. The Morgan fingerprint density at radius 3 is 2.21 bits per heavy atom. The van der Waals surface area contributed by atoms with E-state index in [9.17, 15) is 0 Å². The molecule has 24 heavy (non-hydrogen) atoms. The molecule has 2 aromatic rings. The second kappa shape index (κ2) is 9.41. The van der Waals surface area contributed by atoms with Gasteiger partial charge in [0.05, 0.1) is 19.0 Å². The van der Waals surface area contributed by atoms with Gasteiger partial charge in [-0.1, -0.05) is 81.7 Å². The van der Waals surface area contributed by atoms with Gasteiger partial charge in [-0.25, -0.2) is 9.97 Å². The highest BCUT2D eigenvalue weighted by atomic mass is 16.5. The molecular formula is C21H28N2O. The fourth-order valence-electron chi connectivity index (χ4n) is 2.97. The molecule has 0 radical (unpaired) electrons. The predicted octanol–water partition coefficient (Wildman–Crippen LogP) is 5.66. The molecule has 1 aliphatic carbocycles. The molecule has 3 rings (SSSR count). The summed E-state index contributed by atoms with van der Waals surface area (Å²) in [4.78, 5) is 8.76. The van der Waals surface area contributed by atoms with Crippen LogP contribution in [-0.4, -0.2) is 16.6 Å². The highest BCUT2D eigenvalue weighted by molar-refractivity contribution is 5.54. The second-order valence-corrected chi connectivity index (χ2v) is 6.81. The van der Waals surface area contributed by atoms with Crippen LogP contribution in [0, 0.1) is 5.92 Å². The number of ether oxygens (including phenoxy) is 1. The lowest BCUT2D eigenvalue weighted by atomic mass is 10.1. The molecule has 0 atom stereocenters. The summed E-state index contributed by atoms with van der Waals surface area (Å²) in [5, 5.41) is 0. The van der Waals surface area contributed by atoms with Crippen molar-refractivity contribution >= 4 is 0 Å². The lowest BCUT2D eigenvalue weighted by Crippen LogP contribution is -1.99. The molecule has 0 spiro atoms. The molecule has 0 unspecified atom stereocenters. The van der Waals surface area contributed by atoms with Crippen LogP contribution >= 0.6 is 0 Å². The summed E-state index contributed by atoms with van der Waals surface area (Å²) in [6.45, 7) is 0.760. The number of hydrogen-bond acceptors (Lipinski definition) is 3. The average Bonchev–Trinajstić information content (AvgIpc) is 3.46. The Morgan fingerprint density at radius 1 is 0.833 bits per heavy atom. The standard InChI is InChI=1S/C21H28N2O/c1(3-6-10-18-13-14-18)2-4-9-15-24-20-16-22-21(23-17-20)19-11-7-5-8-12-19/h5,7-8,11-12,16-18H,1-4,6,9-10,13-15H2. The van der Waals surface area contributed by atoms with Gasteiger partial charge in [-0.2, -0.15) is 0 Å². The maximum Gasteiger partial charge on any atom is 0.159 e. The van der Waals surface area contributed by atoms with Crippen molar-refractivity contribution in [3.05, 3.63) is 42.7 Å². The second-order valence-electron chi connectivity index (χ2n) is 6.81. The van der Waals surface area contributed by atoms with Gasteiger partial charge >= 0.3 is 0 Å². The topological polar surface area (TPSA) is 35.0 Å². The number of rotatable bonds is 11. The summed E-state index contributed by atoms with van der Waals surface area (Å²) in [5.74, 6) is 2.60. The van der Waals surface area contributed by atoms with E-state index in [0.29, 0.717) is 0 Å². The van der Waals surface area contributed by atoms with Crippen molar-refractivity contribution in [1.29, 1.82) is 0 Å². The fourth-order valence-corrected chi connectivity index (χ4v) is 2.97. The van der Waals surface area contributed by atoms with Crippen LogP contribution in [0.15, 0.2) is 42.7 Å². The number of benzene rings is 1. The highest BCUT2D eigenvalue weighted by Crippen LogP contribution is 2.34. The molecule has 1 fully saturated rings. The van der Waals surface area contributed by atoms with E-state index in [-0.39, 0.29) is 0 Å². The Balaban J connectivity index is 1.25. The van der Waals surface area contributed by atoms with E-state index in [4.69, 9.17) is 4.74 Å². The van der Waals surface area contributed by atoms with Crippen LogP contribution in [0.1, 0.15) is 57.8 Å². The molecule has 1 heterocycles. The van der Waals surface area contributed by atoms with Crippen LogP contribution in [0.2, 0.25) is 0 Å². The zero-order valence-electron chi connectivity index (χ0n) is 14.5. The molecule has 128 valence electrons. The van der Waals surface area contributed by atoms with Crippen molar-refractivity contribution in [1.82, 2.24) is 9.97 Å². The third-order valence-electron chi connectivity index (χ3n) is 4.63. The van der Waals surface area contributed by atoms with E-state index in [0.717, 1.165) is 36.1 Å². The maximum absolute atomic E-state index is 5.74. The Morgan fingerprint density at radius 2 is 1.50 bits per heavy atom. The summed E-state index contributed by atoms with van der Waals surface area (Å²) < 4.78 is 5.74. The van der Waals surface area contributed by atoms with Gasteiger partial charge in [-0.15, -0.1) is 0 Å². The lowest BCUT2D eigenvalue weighted by Gasteiger charge is -2.06. The molecule has 1 saturated carbocycles. The predicted molar refractivity (Wildman–Crippen MR) is 98.0 cm³/mol. The highest BCUT2D eigenvalue weighted by Gasteiger charge is 2.19. The molecule has 1 aromatic carbocycles. The maximum atomic E-state index is 5.74. The fraction of sp³-hybridized carbons (Fsp3) is 0.524. The van der Waals surface area contributed by atoms with Crippen LogP contribution in [0.5, 0.6) is 5.75 Å². The monoisotopic (exact) mass is 324 g/mol. The molecule has 0 N–H and O–H groups in total. The van der Waals surface area contributed by atoms with Gasteiger partial charge in [-0.05, 0) is 12.3 Å². The SMILES string of the molecule is c1ccc(-c2ncc(OCCCCCCCCC3CC3)cn2)cc1. The van der Waals surface area contributed by atoms with E-state index in [1.54, 1.807) is 12.4 Å². The molecular weight excluding hydrogens is 296 g/mol. The lowest BCUT2D eigenvalue weighted by molar-refractivity contribution is 0.302. The van der Waals surface area contributed by atoms with E-state index in [1.807, 2.05) is 30.3 Å². The number of aromatic nitrogens is 2. The number of hydrogen-bond donors (Lipinski definition) is 0. The molecule has 1 aromatic heterocycles. The summed E-state index contributed by atoms with van der Waals surface area (Å²) in [6.07, 6.45) is 15.9. The van der Waals surface area contributed by atoms with Crippen LogP contribution < -0.4 is 4.74 Å². The summed E-state index contributed by atoms with van der Waals surface area (Å²) in [7, 11) is 0. The Hall–Kier alpha value is -1.90. The van der Waals surface area contributed by atoms with Crippen molar-refractivity contribution in [2.24, 2.45) is 5.92 Å². The minimum absolute atomic E-state index is 0.745. The third-order valence-corrected chi connectivity index (χ3v) is 4.63. The van der Waals surface area contributed by atoms with E-state index in [1.165, 1.54) is 51.4 Å². The van der Waals surface area contributed by atoms with Gasteiger partial charge in [-0.3, -0.25) is 0 Å². The van der Waals surface area contributed by atoms with Crippen molar-refractivity contribution in [3.63, 3.8) is 0 Å². The number of nitrogens with zero attached hydrogens (tertiary/aromatic N) is 2. The summed E-state index contributed by atoms with van der Waals surface area (Å²) in [5.41, 5.74) is 1.03. The van der Waals surface area contributed by atoms with Gasteiger partial charge in [0, 0.05) is 5.56 Å². The minimum atomic E-state index is 0.745. The Bertz CT molecular complexity index is 579.